The number of carbonyl (C=O) groups is 10. The molecule has 2 aliphatic heterocycles. The number of aliphatic carboxylic acids is 2. The summed E-state index contributed by atoms with van der Waals surface area (Å²) in [5, 5.41) is 46.2. The third-order valence-corrected chi connectivity index (χ3v) is 19.3. The number of carboxylic acids is 2. The molecule has 8 heterocycles. The number of aromatic nitrogens is 9. The number of nitrogens with two attached hydrogens (primary N) is 1. The largest absolute Gasteiger partial charge is 0.497 e. The number of carboxylic acid groups (broad SMARTS) is 2. The van der Waals surface area contributed by atoms with Crippen LogP contribution in [0.15, 0.2) is 159 Å². The minimum atomic E-state index is -4.90. The van der Waals surface area contributed by atoms with E-state index >= 15 is 0 Å². The Morgan fingerprint density at radius 3 is 0.905 bits per heavy atom. The number of nitrogens with zero attached hydrogens (tertiary/aromatic N) is 11. The Morgan fingerprint density at radius 2 is 0.643 bits per heavy atom. The fourth-order valence-electron chi connectivity index (χ4n) is 11.8. The van der Waals surface area contributed by atoms with E-state index in [0.717, 1.165) is 0 Å². The smallest absolute Gasteiger partial charge is 0.425 e. The summed E-state index contributed by atoms with van der Waals surface area (Å²) in [4.78, 5) is 146. The molecule has 0 aliphatic carbocycles. The maximum absolute atomic E-state index is 13.8. The van der Waals surface area contributed by atoms with Crippen LogP contribution in [0.5, 0.6) is 34.5 Å². The summed E-state index contributed by atoms with van der Waals surface area (Å²) < 4.78 is 136. The van der Waals surface area contributed by atoms with E-state index in [1.165, 1.54) is 42.5 Å². The van der Waals surface area contributed by atoms with Gasteiger partial charge in [-0.05, 0) is 164 Å². The summed E-state index contributed by atoms with van der Waals surface area (Å²) >= 11 is 0. The van der Waals surface area contributed by atoms with E-state index in [4.69, 9.17) is 80.0 Å². The molecule has 3 atom stereocenters. The van der Waals surface area contributed by atoms with Crippen molar-refractivity contribution in [1.82, 2.24) is 66.7 Å². The predicted molar refractivity (Wildman–Crippen MR) is 428 cm³/mol. The summed E-state index contributed by atoms with van der Waals surface area (Å²) in [6.45, 7) is 1.42. The Hall–Kier alpha value is -15.7. The van der Waals surface area contributed by atoms with Crippen LogP contribution in [0.1, 0.15) is 64.1 Å². The molecule has 6 amide bonds. The van der Waals surface area contributed by atoms with Crippen molar-refractivity contribution in [1.29, 1.82) is 0 Å². The Bertz CT molecular complexity index is 6470. The summed E-state index contributed by atoms with van der Waals surface area (Å²) in [5.74, 6) is -9.35. The molecule has 656 valence electrons. The quantitative estimate of drug-likeness (QED) is 0.0270. The van der Waals surface area contributed by atoms with Crippen molar-refractivity contribution in [3.05, 3.63) is 163 Å². The number of benzene rings is 6. The summed E-state index contributed by atoms with van der Waals surface area (Å²) in [5.41, 5.74) is 9.42. The first-order valence-corrected chi connectivity index (χ1v) is 40.2. The molecule has 3 unspecified atom stereocenters. The van der Waals surface area contributed by atoms with Crippen molar-refractivity contribution in [2.45, 2.75) is 50.7 Å². The zero-order chi connectivity index (χ0) is 91.6. The van der Waals surface area contributed by atoms with Gasteiger partial charge in [0, 0.05) is 59.1 Å². The molecule has 0 bridgehead atoms. The molecule has 0 spiro atoms. The SMILES string of the molecule is CC(N)C(=O)O.COc1ccc(-c2nc(C(=O)NC(CS(=O)(=O)O)C(=O)O)c(-c3ccc(OC)cc3)c3nonc23)cc1.COc1ccc(-c2nc(C(=O)NC(CS(=O)(=O)O)C(=O)ON3C(=O)CCC3=O)c(-c3ccc(OC)cc3)c3nonc23)cc1.COc1ccc(-c2nc(C(=O)ON3C(=O)CCC3=O)c(-c3ccc(OC)cc3)c3nonc23)cc1.O=S(=O)=O. The van der Waals surface area contributed by atoms with Crippen molar-refractivity contribution in [2.75, 3.05) is 54.2 Å². The second-order valence-corrected chi connectivity index (χ2v) is 29.4. The molecule has 6 aromatic heterocycles. The molecule has 6 aromatic carbocycles. The number of methoxy groups -OCH3 is 6. The molecular weight excluding hydrogens is 1730 g/mol. The molecule has 2 aliphatic rings. The first-order valence-electron chi connectivity index (χ1n) is 36.0. The lowest BCUT2D eigenvalue weighted by atomic mass is 9.99. The van der Waals surface area contributed by atoms with E-state index in [2.05, 4.69) is 56.5 Å². The minimum Gasteiger partial charge on any atom is -0.497 e. The van der Waals surface area contributed by atoms with Gasteiger partial charge in [0.05, 0.1) is 42.7 Å². The third kappa shape index (κ3) is 22.7. The first-order chi connectivity index (χ1) is 60.0. The van der Waals surface area contributed by atoms with Gasteiger partial charge >= 0.3 is 34.5 Å². The maximum Gasteiger partial charge on any atom is 0.425 e. The number of hydrogen-bond donors (Lipinski definition) is 7. The van der Waals surface area contributed by atoms with E-state index in [1.54, 1.807) is 153 Å². The number of hydroxylamine groups is 4. The van der Waals surface area contributed by atoms with Crippen molar-refractivity contribution in [3.63, 3.8) is 0 Å². The van der Waals surface area contributed by atoms with E-state index < -0.39 is 120 Å². The molecule has 2 saturated heterocycles. The molecule has 0 radical (unpaired) electrons. The Labute approximate surface area is 710 Å². The number of carbonyl (C=O) groups excluding carboxylic acids is 8. The van der Waals surface area contributed by atoms with Gasteiger partial charge < -0.3 is 64.7 Å². The highest BCUT2D eigenvalue weighted by Gasteiger charge is 2.40. The number of rotatable bonds is 26. The van der Waals surface area contributed by atoms with Gasteiger partial charge in [0.25, 0.3) is 55.7 Å². The van der Waals surface area contributed by atoms with Gasteiger partial charge in [-0.2, -0.15) is 16.8 Å². The lowest BCUT2D eigenvalue weighted by Gasteiger charge is -2.20. The average molecular weight is 1800 g/mol. The fraction of sp³-hybridized carbons (Fsp3) is 0.208. The molecule has 2 fully saturated rings. The first kappa shape index (κ1) is 92.6. The molecule has 46 nitrogen and oxygen atoms in total. The molecule has 126 heavy (non-hydrogen) atoms. The highest BCUT2D eigenvalue weighted by molar-refractivity contribution is 7.86. The third-order valence-electron chi connectivity index (χ3n) is 17.8. The maximum atomic E-state index is 13.8. The fourth-order valence-corrected chi connectivity index (χ4v) is 13.0. The standard InChI is InChI=1S/C27H23N5O11S.C24H18N4O7.C23H20N4O9S.C3H7NO2.O3S/c1-40-16-7-3-14(4-8-16)21-23-25(31-43-30-23)22(15-5-9-17(41-2)10-6-15)29-24(21)26(35)28-18(13-44(37,38)39)27(36)42-32-19(33)11-12-20(32)34;1-32-15-7-3-13(4-8-15)19-21-23(27-35-26-21)20(14-5-9-16(33-2)10-6-14)25-22(19)24(31)34-28-17(29)11-12-18(28)30;1-34-14-7-3-12(4-8-14)17-19-21(27-36-26-19)18(13-5-9-15(35-2)10-6-13)25-20(17)22(28)24-16(23(29)30)11-37(31,32)33;1-2(4)3(5)6;1-4(2)3/h3-10,18H,11-13H2,1-2H3,(H,28,35)(H,37,38,39);3-10H,11-12H2,1-2H3;3-10,16H,11H2,1-2H3,(H,24,28)(H,29,30)(H,31,32,33);2H,4H2,1H3,(H,5,6);. The summed E-state index contributed by atoms with van der Waals surface area (Å²) in [6, 6.07) is 35.2. The van der Waals surface area contributed by atoms with Crippen molar-refractivity contribution >= 4 is 123 Å². The highest BCUT2D eigenvalue weighted by atomic mass is 32.2. The van der Waals surface area contributed by atoms with Crippen LogP contribution in [0.2, 0.25) is 0 Å². The van der Waals surface area contributed by atoms with Crippen LogP contribution >= 0.6 is 0 Å². The molecule has 14 rings (SSSR count). The monoisotopic (exact) mass is 1800 g/mol. The number of imide groups is 2. The number of pyridine rings is 3. The molecule has 0 saturated carbocycles. The summed E-state index contributed by atoms with van der Waals surface area (Å²) in [7, 11) is -3.71. The number of nitrogens with one attached hydrogen (secondary N) is 2. The normalized spacial score (nSPS) is 13.0. The van der Waals surface area contributed by atoms with E-state index in [-0.39, 0.29) is 103 Å². The van der Waals surface area contributed by atoms with Gasteiger partial charge in [0.15, 0.2) is 22.2 Å². The van der Waals surface area contributed by atoms with Gasteiger partial charge in [0.2, 0.25) is 0 Å². The molecule has 49 heteroatoms. The lowest BCUT2D eigenvalue weighted by molar-refractivity contribution is -0.198. The van der Waals surface area contributed by atoms with Gasteiger partial charge in [0.1, 0.15) is 109 Å². The second kappa shape index (κ2) is 40.8. The van der Waals surface area contributed by atoms with Crippen LogP contribution in [-0.4, -0.2) is 236 Å². The van der Waals surface area contributed by atoms with E-state index in [1.807, 2.05) is 0 Å². The van der Waals surface area contributed by atoms with Crippen molar-refractivity contribution in [2.24, 2.45) is 5.73 Å². The van der Waals surface area contributed by atoms with Crippen LogP contribution in [0.3, 0.4) is 0 Å². The van der Waals surface area contributed by atoms with Crippen molar-refractivity contribution in [3.8, 4) is 102 Å². The highest BCUT2D eigenvalue weighted by Crippen LogP contribution is 2.41. The van der Waals surface area contributed by atoms with Gasteiger partial charge in [-0.1, -0.05) is 36.4 Å². The number of ether oxygens (including phenoxy) is 6. The topological polar surface area (TPSA) is 657 Å². The zero-order valence-electron chi connectivity index (χ0n) is 66.3. The summed E-state index contributed by atoms with van der Waals surface area (Å²) in [6.07, 6.45) is -0.518. The van der Waals surface area contributed by atoms with Crippen LogP contribution < -0.4 is 44.8 Å². The second-order valence-electron chi connectivity index (χ2n) is 26.0. The Morgan fingerprint density at radius 1 is 0.405 bits per heavy atom. The molecule has 12 aromatic rings. The zero-order valence-corrected chi connectivity index (χ0v) is 68.7. The lowest BCUT2D eigenvalue weighted by Crippen LogP contribution is -2.49. The molecular formula is C77H68N14O32S3. The van der Waals surface area contributed by atoms with Gasteiger partial charge in [-0.3, -0.25) is 42.7 Å². The Balaban J connectivity index is 0.000000188. The van der Waals surface area contributed by atoms with Crippen LogP contribution in [-0.2, 0) is 74.1 Å². The molecule has 8 N–H and O–H groups in total. The van der Waals surface area contributed by atoms with Crippen molar-refractivity contribution < 1.29 is 149 Å². The van der Waals surface area contributed by atoms with Crippen LogP contribution in [0, 0.1) is 0 Å². The Kier molecular flexibility index (Phi) is 29.9. The number of fused-ring (bicyclic) bond motifs is 3. The van der Waals surface area contributed by atoms with E-state index in [0.29, 0.717) is 84.2 Å². The predicted octanol–water partition coefficient (Wildman–Crippen LogP) is 5.21. The average Bonchev–Trinajstić information content (AvgIpc) is 1.56. The number of hydrogen-bond acceptors (Lipinski definition) is 38. The number of amides is 6. The van der Waals surface area contributed by atoms with E-state index in [9.17, 15) is 74.4 Å². The van der Waals surface area contributed by atoms with Crippen LogP contribution in [0.4, 0.5) is 0 Å². The van der Waals surface area contributed by atoms with Gasteiger partial charge in [-0.25, -0.2) is 43.2 Å². The van der Waals surface area contributed by atoms with Gasteiger partial charge in [-0.15, -0.1) is 22.8 Å². The van der Waals surface area contributed by atoms with Crippen LogP contribution in [0.25, 0.3) is 100 Å². The minimum absolute atomic E-state index is 0.0335.